The van der Waals surface area contributed by atoms with E-state index < -0.39 is 16.6 Å². The van der Waals surface area contributed by atoms with Crippen molar-refractivity contribution in [1.82, 2.24) is 4.98 Å². The molecule has 1 aromatic carbocycles. The van der Waals surface area contributed by atoms with E-state index in [9.17, 15) is 19.3 Å². The van der Waals surface area contributed by atoms with Crippen molar-refractivity contribution in [3.05, 3.63) is 62.6 Å². The van der Waals surface area contributed by atoms with Crippen LogP contribution in [0.3, 0.4) is 0 Å². The minimum absolute atomic E-state index is 0.0952. The van der Waals surface area contributed by atoms with Gasteiger partial charge in [-0.15, -0.1) is 0 Å². The van der Waals surface area contributed by atoms with E-state index in [0.717, 1.165) is 6.20 Å². The number of benzene rings is 1. The van der Waals surface area contributed by atoms with Gasteiger partial charge < -0.3 is 5.32 Å². The Morgan fingerprint density at radius 1 is 1.40 bits per heavy atom. The van der Waals surface area contributed by atoms with Crippen molar-refractivity contribution in [2.45, 2.75) is 0 Å². The summed E-state index contributed by atoms with van der Waals surface area (Å²) in [4.78, 5) is 25.8. The van der Waals surface area contributed by atoms with Gasteiger partial charge in [-0.2, -0.15) is 0 Å². The van der Waals surface area contributed by atoms with E-state index in [1.54, 1.807) is 0 Å². The molecule has 8 heteroatoms. The molecular weight excluding hydrogens is 333 g/mol. The van der Waals surface area contributed by atoms with Crippen LogP contribution in [0.15, 0.2) is 41.1 Å². The number of hydrogen-bond donors (Lipinski definition) is 1. The SMILES string of the molecule is O=C(Nc1ccncc1F)c1ccc(Br)cc1[N+](=O)[O-]. The molecule has 0 bridgehead atoms. The highest BCUT2D eigenvalue weighted by molar-refractivity contribution is 9.10. The van der Waals surface area contributed by atoms with Gasteiger partial charge in [-0.3, -0.25) is 19.9 Å². The van der Waals surface area contributed by atoms with Gasteiger partial charge >= 0.3 is 0 Å². The zero-order chi connectivity index (χ0) is 14.7. The maximum Gasteiger partial charge on any atom is 0.283 e. The predicted molar refractivity (Wildman–Crippen MR) is 72.9 cm³/mol. The van der Waals surface area contributed by atoms with Gasteiger partial charge in [0.1, 0.15) is 5.56 Å². The van der Waals surface area contributed by atoms with E-state index in [2.05, 4.69) is 26.2 Å². The van der Waals surface area contributed by atoms with Crippen molar-refractivity contribution in [3.8, 4) is 0 Å². The van der Waals surface area contributed by atoms with Gasteiger partial charge in [0.2, 0.25) is 0 Å². The van der Waals surface area contributed by atoms with E-state index in [1.807, 2.05) is 0 Å². The Kier molecular flexibility index (Phi) is 4.04. The van der Waals surface area contributed by atoms with Crippen LogP contribution >= 0.6 is 15.9 Å². The Hall–Kier alpha value is -2.35. The molecule has 20 heavy (non-hydrogen) atoms. The first kappa shape index (κ1) is 14.1. The fourth-order valence-corrected chi connectivity index (χ4v) is 1.86. The maximum absolute atomic E-state index is 13.4. The standard InChI is InChI=1S/C12H7BrFN3O3/c13-7-1-2-8(11(5-7)17(19)20)12(18)16-10-3-4-15-6-9(10)14/h1-6H,(H,15,16,18). The first-order valence-electron chi connectivity index (χ1n) is 5.34. The van der Waals surface area contributed by atoms with Crippen molar-refractivity contribution in [3.63, 3.8) is 0 Å². The third-order valence-electron chi connectivity index (χ3n) is 2.42. The van der Waals surface area contributed by atoms with Crippen LogP contribution in [0.4, 0.5) is 15.8 Å². The molecule has 0 aliphatic rings. The third-order valence-corrected chi connectivity index (χ3v) is 2.92. The number of nitro benzene ring substituents is 1. The number of carbonyl (C=O) groups excluding carboxylic acids is 1. The van der Waals surface area contributed by atoms with Gasteiger partial charge in [0, 0.05) is 16.7 Å². The molecule has 1 N–H and O–H groups in total. The lowest BCUT2D eigenvalue weighted by molar-refractivity contribution is -0.385. The summed E-state index contributed by atoms with van der Waals surface area (Å²) in [5.41, 5.74) is -0.622. The summed E-state index contributed by atoms with van der Waals surface area (Å²) in [5.74, 6) is -1.49. The number of hydrogen-bond acceptors (Lipinski definition) is 4. The molecule has 2 aromatic rings. The average Bonchev–Trinajstić information content (AvgIpc) is 2.41. The second-order valence-electron chi connectivity index (χ2n) is 3.73. The Morgan fingerprint density at radius 3 is 2.80 bits per heavy atom. The smallest absolute Gasteiger partial charge is 0.283 e. The Morgan fingerprint density at radius 2 is 2.15 bits per heavy atom. The summed E-state index contributed by atoms with van der Waals surface area (Å²) < 4.78 is 13.8. The largest absolute Gasteiger partial charge is 0.319 e. The van der Waals surface area contributed by atoms with Crippen LogP contribution < -0.4 is 5.32 Å². The van der Waals surface area contributed by atoms with Crippen LogP contribution in [0.1, 0.15) is 10.4 Å². The highest BCUT2D eigenvalue weighted by Crippen LogP contribution is 2.24. The summed E-state index contributed by atoms with van der Waals surface area (Å²) in [6.07, 6.45) is 2.24. The van der Waals surface area contributed by atoms with Crippen molar-refractivity contribution < 1.29 is 14.1 Å². The highest BCUT2D eigenvalue weighted by Gasteiger charge is 2.21. The van der Waals surface area contributed by atoms with Crippen molar-refractivity contribution in [1.29, 1.82) is 0 Å². The first-order valence-corrected chi connectivity index (χ1v) is 6.13. The predicted octanol–water partition coefficient (Wildman–Crippen LogP) is 3.14. The number of pyridine rings is 1. The number of nitrogens with zero attached hydrogens (tertiary/aromatic N) is 2. The molecule has 0 aliphatic heterocycles. The Labute approximate surface area is 120 Å². The molecule has 0 spiro atoms. The summed E-state index contributed by atoms with van der Waals surface area (Å²) >= 11 is 3.09. The lowest BCUT2D eigenvalue weighted by Crippen LogP contribution is -2.15. The number of halogens is 2. The van der Waals surface area contributed by atoms with Gasteiger partial charge in [-0.25, -0.2) is 4.39 Å². The fourth-order valence-electron chi connectivity index (χ4n) is 1.51. The molecular formula is C12H7BrFN3O3. The fraction of sp³-hybridized carbons (Fsp3) is 0. The molecule has 0 saturated carbocycles. The van der Waals surface area contributed by atoms with E-state index in [0.29, 0.717) is 4.47 Å². The van der Waals surface area contributed by atoms with Crippen LogP contribution in [-0.2, 0) is 0 Å². The van der Waals surface area contributed by atoms with Crippen LogP contribution in [0.2, 0.25) is 0 Å². The molecule has 0 fully saturated rings. The zero-order valence-corrected chi connectivity index (χ0v) is 11.4. The van der Waals surface area contributed by atoms with Crippen LogP contribution in [-0.4, -0.2) is 15.8 Å². The number of nitro groups is 1. The summed E-state index contributed by atoms with van der Waals surface area (Å²) in [7, 11) is 0. The van der Waals surface area contributed by atoms with Gasteiger partial charge in [-0.05, 0) is 18.2 Å². The summed E-state index contributed by atoms with van der Waals surface area (Å²) in [6.45, 7) is 0. The van der Waals surface area contributed by atoms with Crippen molar-refractivity contribution >= 4 is 33.2 Å². The molecule has 1 amide bonds. The lowest BCUT2D eigenvalue weighted by Gasteiger charge is -2.06. The molecule has 102 valence electrons. The molecule has 2 rings (SSSR count). The lowest BCUT2D eigenvalue weighted by atomic mass is 10.1. The van der Waals surface area contributed by atoms with Gasteiger partial charge in [0.15, 0.2) is 5.82 Å². The van der Waals surface area contributed by atoms with E-state index >= 15 is 0 Å². The van der Waals surface area contributed by atoms with E-state index in [-0.39, 0.29) is 16.9 Å². The first-order chi connectivity index (χ1) is 9.49. The van der Waals surface area contributed by atoms with Gasteiger partial charge in [0.25, 0.3) is 11.6 Å². The Bertz CT molecular complexity index is 693. The summed E-state index contributed by atoms with van der Waals surface area (Å²) in [5, 5.41) is 13.2. The molecule has 0 aliphatic carbocycles. The Balaban J connectivity index is 2.35. The normalized spacial score (nSPS) is 10.1. The molecule has 0 saturated heterocycles. The molecule has 0 radical (unpaired) electrons. The van der Waals surface area contributed by atoms with Gasteiger partial charge in [0.05, 0.1) is 16.8 Å². The zero-order valence-electron chi connectivity index (χ0n) is 9.84. The third kappa shape index (κ3) is 2.97. The number of aromatic nitrogens is 1. The van der Waals surface area contributed by atoms with E-state index in [4.69, 9.17) is 0 Å². The molecule has 1 heterocycles. The topological polar surface area (TPSA) is 85.1 Å². The van der Waals surface area contributed by atoms with Crippen molar-refractivity contribution in [2.24, 2.45) is 0 Å². The average molecular weight is 340 g/mol. The van der Waals surface area contributed by atoms with Crippen LogP contribution in [0, 0.1) is 15.9 Å². The second-order valence-corrected chi connectivity index (χ2v) is 4.64. The molecule has 0 unspecified atom stereocenters. The second kappa shape index (κ2) is 5.74. The number of rotatable bonds is 3. The monoisotopic (exact) mass is 339 g/mol. The number of amides is 1. The number of anilines is 1. The minimum atomic E-state index is -0.769. The number of carbonyl (C=O) groups is 1. The van der Waals surface area contributed by atoms with Crippen LogP contribution in [0.25, 0.3) is 0 Å². The van der Waals surface area contributed by atoms with Gasteiger partial charge in [-0.1, -0.05) is 15.9 Å². The quantitative estimate of drug-likeness (QED) is 0.687. The summed E-state index contributed by atoms with van der Waals surface area (Å²) in [6, 6.07) is 5.25. The van der Waals surface area contributed by atoms with Crippen LogP contribution in [0.5, 0.6) is 0 Å². The minimum Gasteiger partial charge on any atom is -0.319 e. The molecule has 6 nitrogen and oxygen atoms in total. The van der Waals surface area contributed by atoms with E-state index in [1.165, 1.54) is 30.5 Å². The number of nitrogens with one attached hydrogen (secondary N) is 1. The molecule has 1 aromatic heterocycles. The highest BCUT2D eigenvalue weighted by atomic mass is 79.9. The maximum atomic E-state index is 13.4. The van der Waals surface area contributed by atoms with Crippen molar-refractivity contribution in [2.75, 3.05) is 5.32 Å². The molecule has 0 atom stereocenters.